The van der Waals surface area contributed by atoms with E-state index in [1.807, 2.05) is 18.2 Å². The quantitative estimate of drug-likeness (QED) is 0.748. The fourth-order valence-electron chi connectivity index (χ4n) is 2.28. The number of nitrogens with one attached hydrogen (secondary N) is 1. The van der Waals surface area contributed by atoms with Gasteiger partial charge in [-0.3, -0.25) is 0 Å². The van der Waals surface area contributed by atoms with Crippen LogP contribution < -0.4 is 5.32 Å². The highest BCUT2D eigenvalue weighted by Gasteiger charge is 2.31. The SMILES string of the molecule is OCC(CO)NC1CC(c2cccc(Cl)c2)C1. The van der Waals surface area contributed by atoms with Crippen molar-refractivity contribution in [3.8, 4) is 0 Å². The van der Waals surface area contributed by atoms with E-state index in [-0.39, 0.29) is 19.3 Å². The van der Waals surface area contributed by atoms with Gasteiger partial charge in [-0.2, -0.15) is 0 Å². The topological polar surface area (TPSA) is 52.5 Å². The monoisotopic (exact) mass is 255 g/mol. The van der Waals surface area contributed by atoms with Gasteiger partial charge in [-0.05, 0) is 36.5 Å². The molecule has 0 aliphatic heterocycles. The van der Waals surface area contributed by atoms with E-state index in [0.29, 0.717) is 12.0 Å². The van der Waals surface area contributed by atoms with Crippen LogP contribution in [-0.4, -0.2) is 35.5 Å². The molecule has 0 atom stereocenters. The molecule has 0 aromatic heterocycles. The van der Waals surface area contributed by atoms with Crippen molar-refractivity contribution in [2.75, 3.05) is 13.2 Å². The summed E-state index contributed by atoms with van der Waals surface area (Å²) in [6.45, 7) is -0.0380. The molecule has 94 valence electrons. The average molecular weight is 256 g/mol. The first-order valence-electron chi connectivity index (χ1n) is 5.96. The summed E-state index contributed by atoms with van der Waals surface area (Å²) in [6.07, 6.45) is 2.08. The lowest BCUT2D eigenvalue weighted by Gasteiger charge is -2.38. The first kappa shape index (κ1) is 12.8. The maximum Gasteiger partial charge on any atom is 0.0607 e. The number of hydrogen-bond donors (Lipinski definition) is 3. The molecule has 3 nitrogen and oxygen atoms in total. The molecule has 0 saturated heterocycles. The van der Waals surface area contributed by atoms with Crippen LogP contribution in [0.25, 0.3) is 0 Å². The fourth-order valence-corrected chi connectivity index (χ4v) is 2.48. The molecule has 1 aromatic rings. The average Bonchev–Trinajstić information content (AvgIpc) is 2.28. The molecule has 0 radical (unpaired) electrons. The van der Waals surface area contributed by atoms with Crippen LogP contribution in [0, 0.1) is 0 Å². The van der Waals surface area contributed by atoms with Crippen molar-refractivity contribution < 1.29 is 10.2 Å². The Bertz CT molecular complexity index is 362. The van der Waals surface area contributed by atoms with Gasteiger partial charge in [0.25, 0.3) is 0 Å². The molecule has 4 heteroatoms. The third-order valence-electron chi connectivity index (χ3n) is 3.37. The largest absolute Gasteiger partial charge is 0.395 e. The van der Waals surface area contributed by atoms with E-state index in [4.69, 9.17) is 21.8 Å². The van der Waals surface area contributed by atoms with E-state index < -0.39 is 0 Å². The van der Waals surface area contributed by atoms with Crippen molar-refractivity contribution in [3.63, 3.8) is 0 Å². The molecule has 0 bridgehead atoms. The Morgan fingerprint density at radius 2 is 2.00 bits per heavy atom. The molecule has 0 amide bonds. The Labute approximate surface area is 106 Å². The molecular formula is C13H18ClNO2. The molecule has 1 aliphatic carbocycles. The minimum absolute atomic E-state index is 0.0190. The Morgan fingerprint density at radius 1 is 1.29 bits per heavy atom. The van der Waals surface area contributed by atoms with E-state index in [2.05, 4.69) is 11.4 Å². The van der Waals surface area contributed by atoms with Gasteiger partial charge in [-0.25, -0.2) is 0 Å². The Balaban J connectivity index is 1.82. The lowest BCUT2D eigenvalue weighted by Crippen LogP contribution is -2.48. The third-order valence-corrected chi connectivity index (χ3v) is 3.61. The van der Waals surface area contributed by atoms with Gasteiger partial charge in [-0.15, -0.1) is 0 Å². The number of aliphatic hydroxyl groups is 2. The van der Waals surface area contributed by atoms with Crippen LogP contribution >= 0.6 is 11.6 Å². The maximum atomic E-state index is 8.97. The zero-order valence-corrected chi connectivity index (χ0v) is 10.4. The highest BCUT2D eigenvalue weighted by Crippen LogP contribution is 2.37. The maximum absolute atomic E-state index is 8.97. The van der Waals surface area contributed by atoms with Gasteiger partial charge in [0.2, 0.25) is 0 Å². The summed E-state index contributed by atoms with van der Waals surface area (Å²) in [4.78, 5) is 0. The molecule has 1 fully saturated rings. The molecule has 0 spiro atoms. The molecule has 1 aromatic carbocycles. The lowest BCUT2D eigenvalue weighted by atomic mass is 9.75. The van der Waals surface area contributed by atoms with Crippen LogP contribution in [0.4, 0.5) is 0 Å². The molecule has 1 aliphatic rings. The Kier molecular flexibility index (Phi) is 4.40. The van der Waals surface area contributed by atoms with E-state index in [9.17, 15) is 0 Å². The summed E-state index contributed by atoms with van der Waals surface area (Å²) in [7, 11) is 0. The second-order valence-electron chi connectivity index (χ2n) is 4.65. The highest BCUT2D eigenvalue weighted by molar-refractivity contribution is 6.30. The number of benzene rings is 1. The lowest BCUT2D eigenvalue weighted by molar-refractivity contribution is 0.142. The Hall–Kier alpha value is -0.610. The summed E-state index contributed by atoms with van der Waals surface area (Å²) >= 11 is 5.95. The van der Waals surface area contributed by atoms with Gasteiger partial charge in [0.1, 0.15) is 0 Å². The summed E-state index contributed by atoms with van der Waals surface area (Å²) in [5, 5.41) is 22.0. The smallest absolute Gasteiger partial charge is 0.0607 e. The van der Waals surface area contributed by atoms with Gasteiger partial charge >= 0.3 is 0 Å². The van der Waals surface area contributed by atoms with Crippen molar-refractivity contribution in [1.82, 2.24) is 5.32 Å². The van der Waals surface area contributed by atoms with Crippen LogP contribution in [0.5, 0.6) is 0 Å². The van der Waals surface area contributed by atoms with Crippen molar-refractivity contribution in [2.24, 2.45) is 0 Å². The third kappa shape index (κ3) is 3.19. The summed E-state index contributed by atoms with van der Waals surface area (Å²) in [5.41, 5.74) is 1.28. The molecule has 2 rings (SSSR count). The van der Waals surface area contributed by atoms with Crippen LogP contribution in [0.15, 0.2) is 24.3 Å². The molecule has 1 saturated carbocycles. The van der Waals surface area contributed by atoms with Gasteiger partial charge in [-0.1, -0.05) is 23.7 Å². The first-order chi connectivity index (χ1) is 8.22. The minimum Gasteiger partial charge on any atom is -0.395 e. The van der Waals surface area contributed by atoms with Gasteiger partial charge < -0.3 is 15.5 Å². The van der Waals surface area contributed by atoms with Crippen molar-refractivity contribution >= 4 is 11.6 Å². The highest BCUT2D eigenvalue weighted by atomic mass is 35.5. The van der Waals surface area contributed by atoms with Gasteiger partial charge in [0.05, 0.1) is 19.3 Å². The summed E-state index contributed by atoms with van der Waals surface area (Å²) in [6, 6.07) is 8.17. The summed E-state index contributed by atoms with van der Waals surface area (Å²) in [5.74, 6) is 0.546. The molecule has 17 heavy (non-hydrogen) atoms. The second-order valence-corrected chi connectivity index (χ2v) is 5.09. The molecule has 3 N–H and O–H groups in total. The van der Waals surface area contributed by atoms with Crippen molar-refractivity contribution in [1.29, 1.82) is 0 Å². The second kappa shape index (κ2) is 5.83. The Morgan fingerprint density at radius 3 is 2.59 bits per heavy atom. The first-order valence-corrected chi connectivity index (χ1v) is 6.34. The number of hydrogen-bond acceptors (Lipinski definition) is 3. The zero-order valence-electron chi connectivity index (χ0n) is 9.64. The molecular weight excluding hydrogens is 238 g/mol. The predicted octanol–water partition coefficient (Wildman–Crippen LogP) is 1.53. The van der Waals surface area contributed by atoms with Gasteiger partial charge in [0, 0.05) is 11.1 Å². The zero-order chi connectivity index (χ0) is 12.3. The van der Waals surface area contributed by atoms with Crippen molar-refractivity contribution in [2.45, 2.75) is 30.8 Å². The van der Waals surface area contributed by atoms with Gasteiger partial charge in [0.15, 0.2) is 0 Å². The van der Waals surface area contributed by atoms with Crippen LogP contribution in [0.2, 0.25) is 5.02 Å². The molecule has 0 unspecified atom stereocenters. The normalized spacial score (nSPS) is 23.8. The standard InChI is InChI=1S/C13H18ClNO2/c14-11-3-1-2-9(4-11)10-5-12(6-10)15-13(7-16)8-17/h1-4,10,12-13,15-17H,5-8H2. The van der Waals surface area contributed by atoms with Crippen LogP contribution in [0.3, 0.4) is 0 Å². The fraction of sp³-hybridized carbons (Fsp3) is 0.538. The predicted molar refractivity (Wildman–Crippen MR) is 68.3 cm³/mol. The number of rotatable bonds is 5. The number of halogens is 1. The van der Waals surface area contributed by atoms with E-state index in [0.717, 1.165) is 17.9 Å². The minimum atomic E-state index is -0.194. The number of aliphatic hydroxyl groups excluding tert-OH is 2. The van der Waals surface area contributed by atoms with E-state index >= 15 is 0 Å². The molecule has 0 heterocycles. The van der Waals surface area contributed by atoms with Crippen LogP contribution in [-0.2, 0) is 0 Å². The summed E-state index contributed by atoms with van der Waals surface area (Å²) < 4.78 is 0. The van der Waals surface area contributed by atoms with Crippen LogP contribution in [0.1, 0.15) is 24.3 Å². The van der Waals surface area contributed by atoms with Crippen molar-refractivity contribution in [3.05, 3.63) is 34.9 Å². The van der Waals surface area contributed by atoms with E-state index in [1.165, 1.54) is 5.56 Å². The van der Waals surface area contributed by atoms with E-state index in [1.54, 1.807) is 0 Å².